The highest BCUT2D eigenvalue weighted by Gasteiger charge is 2.16. The van der Waals surface area contributed by atoms with Gasteiger partial charge in [0.05, 0.1) is 6.10 Å². The molecule has 82 valence electrons. The molecule has 1 amide bonds. The molecule has 1 heterocycles. The molecule has 1 atom stereocenters. The number of hydrogen-bond acceptors (Lipinski definition) is 3. The number of hydrogen-bond donors (Lipinski definition) is 1. The number of aliphatic hydroxyl groups excluding tert-OH is 1. The van der Waals surface area contributed by atoms with Gasteiger partial charge in [0.1, 0.15) is 0 Å². The highest BCUT2D eigenvalue weighted by atomic mass is 16.3. The Hall–Kier alpha value is -0.610. The van der Waals surface area contributed by atoms with Gasteiger partial charge in [-0.05, 0) is 19.9 Å². The molecule has 1 saturated heterocycles. The molecular weight excluding hydrogens is 180 g/mol. The van der Waals surface area contributed by atoms with Crippen LogP contribution in [0.5, 0.6) is 0 Å². The Morgan fingerprint density at radius 3 is 2.64 bits per heavy atom. The summed E-state index contributed by atoms with van der Waals surface area (Å²) in [6.07, 6.45) is 0.727. The van der Waals surface area contributed by atoms with E-state index in [1.165, 1.54) is 0 Å². The maximum atomic E-state index is 11.1. The minimum absolute atomic E-state index is 0.156. The fraction of sp³-hybridized carbons (Fsp3) is 0.900. The van der Waals surface area contributed by atoms with Crippen molar-refractivity contribution in [1.29, 1.82) is 0 Å². The third-order valence-electron chi connectivity index (χ3n) is 2.56. The van der Waals surface area contributed by atoms with Crippen LogP contribution in [0.4, 0.5) is 0 Å². The van der Waals surface area contributed by atoms with Crippen molar-refractivity contribution in [2.75, 3.05) is 32.7 Å². The van der Waals surface area contributed by atoms with Gasteiger partial charge >= 0.3 is 0 Å². The third-order valence-corrected chi connectivity index (χ3v) is 2.56. The van der Waals surface area contributed by atoms with Crippen LogP contribution in [0.2, 0.25) is 0 Å². The molecule has 0 bridgehead atoms. The molecule has 1 aliphatic heterocycles. The van der Waals surface area contributed by atoms with E-state index in [0.717, 1.165) is 32.6 Å². The molecule has 1 rings (SSSR count). The summed E-state index contributed by atoms with van der Waals surface area (Å²) in [5.41, 5.74) is 0. The van der Waals surface area contributed by atoms with E-state index in [1.807, 2.05) is 4.90 Å². The highest BCUT2D eigenvalue weighted by Crippen LogP contribution is 2.03. The third kappa shape index (κ3) is 3.64. The lowest BCUT2D eigenvalue weighted by atomic mass is 10.3. The van der Waals surface area contributed by atoms with Crippen LogP contribution in [0.3, 0.4) is 0 Å². The summed E-state index contributed by atoms with van der Waals surface area (Å²) in [5, 5.41) is 9.25. The van der Waals surface area contributed by atoms with Gasteiger partial charge in [-0.3, -0.25) is 9.69 Å². The van der Waals surface area contributed by atoms with E-state index in [0.29, 0.717) is 6.54 Å². The summed E-state index contributed by atoms with van der Waals surface area (Å²) in [7, 11) is 0. The zero-order chi connectivity index (χ0) is 10.6. The zero-order valence-electron chi connectivity index (χ0n) is 9.07. The Bertz CT molecular complexity index is 195. The van der Waals surface area contributed by atoms with Crippen LogP contribution < -0.4 is 0 Å². The molecule has 4 heteroatoms. The first-order valence-electron chi connectivity index (χ1n) is 5.25. The SMILES string of the molecule is CC(=O)N1CCCN(C[C@@H](C)O)CC1. The minimum Gasteiger partial charge on any atom is -0.392 e. The summed E-state index contributed by atoms with van der Waals surface area (Å²) in [5.74, 6) is 0.156. The summed E-state index contributed by atoms with van der Waals surface area (Å²) in [6.45, 7) is 7.64. The highest BCUT2D eigenvalue weighted by molar-refractivity contribution is 5.73. The van der Waals surface area contributed by atoms with Crippen molar-refractivity contribution < 1.29 is 9.90 Å². The van der Waals surface area contributed by atoms with Crippen molar-refractivity contribution in [3.8, 4) is 0 Å². The molecule has 0 aromatic heterocycles. The van der Waals surface area contributed by atoms with Crippen molar-refractivity contribution >= 4 is 5.91 Å². The second-order valence-corrected chi connectivity index (χ2v) is 4.01. The van der Waals surface area contributed by atoms with Gasteiger partial charge in [-0.2, -0.15) is 0 Å². The van der Waals surface area contributed by atoms with E-state index in [-0.39, 0.29) is 12.0 Å². The molecule has 14 heavy (non-hydrogen) atoms. The number of carbonyl (C=O) groups excluding carboxylic acids is 1. The molecular formula is C10H20N2O2. The smallest absolute Gasteiger partial charge is 0.219 e. The van der Waals surface area contributed by atoms with Crippen LogP contribution in [-0.2, 0) is 4.79 Å². The summed E-state index contributed by atoms with van der Waals surface area (Å²) >= 11 is 0. The maximum Gasteiger partial charge on any atom is 0.219 e. The first-order valence-corrected chi connectivity index (χ1v) is 5.25. The van der Waals surface area contributed by atoms with Crippen molar-refractivity contribution in [2.45, 2.75) is 26.4 Å². The molecule has 0 spiro atoms. The predicted molar refractivity (Wildman–Crippen MR) is 55.0 cm³/mol. The molecule has 0 radical (unpaired) electrons. The largest absolute Gasteiger partial charge is 0.392 e. The normalized spacial score (nSPS) is 21.8. The van der Waals surface area contributed by atoms with Crippen LogP contribution in [0.25, 0.3) is 0 Å². The Labute approximate surface area is 85.5 Å². The van der Waals surface area contributed by atoms with E-state index < -0.39 is 0 Å². The number of carbonyl (C=O) groups is 1. The van der Waals surface area contributed by atoms with Crippen molar-refractivity contribution in [1.82, 2.24) is 9.80 Å². The minimum atomic E-state index is -0.279. The molecule has 0 aromatic rings. The lowest BCUT2D eigenvalue weighted by molar-refractivity contribution is -0.128. The Morgan fingerprint density at radius 2 is 2.07 bits per heavy atom. The number of aliphatic hydroxyl groups is 1. The number of nitrogens with zero attached hydrogens (tertiary/aromatic N) is 2. The van der Waals surface area contributed by atoms with Crippen LogP contribution in [0.15, 0.2) is 0 Å². The van der Waals surface area contributed by atoms with Crippen molar-refractivity contribution in [3.05, 3.63) is 0 Å². The lowest BCUT2D eigenvalue weighted by Gasteiger charge is -2.21. The van der Waals surface area contributed by atoms with E-state index >= 15 is 0 Å². The fourth-order valence-corrected chi connectivity index (χ4v) is 1.84. The molecule has 0 saturated carbocycles. The number of rotatable bonds is 2. The molecule has 0 aliphatic carbocycles. The average molecular weight is 200 g/mol. The van der Waals surface area contributed by atoms with Gasteiger partial charge in [-0.1, -0.05) is 0 Å². The standard InChI is InChI=1S/C10H20N2O2/c1-9(13)8-11-4-3-5-12(7-6-11)10(2)14/h9,13H,3-8H2,1-2H3/t9-/m1/s1. The second kappa shape index (κ2) is 5.32. The van der Waals surface area contributed by atoms with Gasteiger partial charge < -0.3 is 10.0 Å². The Balaban J connectivity index is 2.36. The Kier molecular flexibility index (Phi) is 4.35. The van der Waals surface area contributed by atoms with E-state index in [9.17, 15) is 9.90 Å². The summed E-state index contributed by atoms with van der Waals surface area (Å²) in [4.78, 5) is 15.2. The van der Waals surface area contributed by atoms with Gasteiger partial charge in [-0.15, -0.1) is 0 Å². The predicted octanol–water partition coefficient (Wildman–Crippen LogP) is -0.0786. The van der Waals surface area contributed by atoms with E-state index in [1.54, 1.807) is 13.8 Å². The Morgan fingerprint density at radius 1 is 1.36 bits per heavy atom. The fourth-order valence-electron chi connectivity index (χ4n) is 1.84. The van der Waals surface area contributed by atoms with Crippen molar-refractivity contribution in [2.24, 2.45) is 0 Å². The second-order valence-electron chi connectivity index (χ2n) is 4.01. The van der Waals surface area contributed by atoms with Crippen molar-refractivity contribution in [3.63, 3.8) is 0 Å². The van der Waals surface area contributed by atoms with Gasteiger partial charge in [0, 0.05) is 33.1 Å². The lowest BCUT2D eigenvalue weighted by Crippen LogP contribution is -2.36. The first-order chi connectivity index (χ1) is 6.59. The number of β-amino-alcohol motifs (C(OH)–C–C–N with tert-alkyl or cyclic N) is 1. The van der Waals surface area contributed by atoms with Gasteiger partial charge in [0.15, 0.2) is 0 Å². The molecule has 1 N–H and O–H groups in total. The molecule has 4 nitrogen and oxygen atoms in total. The average Bonchev–Trinajstić information content (AvgIpc) is 2.28. The van der Waals surface area contributed by atoms with E-state index in [4.69, 9.17) is 0 Å². The van der Waals surface area contributed by atoms with E-state index in [2.05, 4.69) is 4.90 Å². The van der Waals surface area contributed by atoms with Crippen LogP contribution >= 0.6 is 0 Å². The van der Waals surface area contributed by atoms with Gasteiger partial charge in [0.25, 0.3) is 0 Å². The summed E-state index contributed by atoms with van der Waals surface area (Å²) < 4.78 is 0. The molecule has 1 aliphatic rings. The number of amides is 1. The van der Waals surface area contributed by atoms with Crippen LogP contribution in [0, 0.1) is 0 Å². The summed E-state index contributed by atoms with van der Waals surface area (Å²) in [6, 6.07) is 0. The van der Waals surface area contributed by atoms with Gasteiger partial charge in [0.2, 0.25) is 5.91 Å². The topological polar surface area (TPSA) is 43.8 Å². The molecule has 0 aromatic carbocycles. The maximum absolute atomic E-state index is 11.1. The van der Waals surface area contributed by atoms with Crippen LogP contribution in [0.1, 0.15) is 20.3 Å². The van der Waals surface area contributed by atoms with Crippen LogP contribution in [-0.4, -0.2) is 59.6 Å². The molecule has 1 fully saturated rings. The quantitative estimate of drug-likeness (QED) is 0.678. The zero-order valence-corrected chi connectivity index (χ0v) is 9.07. The first kappa shape index (κ1) is 11.5. The molecule has 0 unspecified atom stereocenters. The van der Waals surface area contributed by atoms with Gasteiger partial charge in [-0.25, -0.2) is 0 Å². The monoisotopic (exact) mass is 200 g/mol.